The van der Waals surface area contributed by atoms with Gasteiger partial charge in [-0.1, -0.05) is 13.3 Å². The molecular formula is C14H20ClN5O. The standard InChI is InChI=1S/C14H20ClN5O/c1-3-5-9-12-14(19(2)18-9)20(11(8-15)17-12)10-6-4-7-16-13(10)21/h10H,3-8H2,1-2H3,(H,16,21). The monoisotopic (exact) mass is 309 g/mol. The van der Waals surface area contributed by atoms with Crippen LogP contribution in [0.25, 0.3) is 11.2 Å². The van der Waals surface area contributed by atoms with Gasteiger partial charge >= 0.3 is 0 Å². The van der Waals surface area contributed by atoms with Crippen molar-refractivity contribution in [1.82, 2.24) is 24.6 Å². The molecule has 1 unspecified atom stereocenters. The summed E-state index contributed by atoms with van der Waals surface area (Å²) in [6.45, 7) is 2.87. The number of nitrogens with one attached hydrogen (secondary N) is 1. The Kier molecular flexibility index (Phi) is 3.89. The number of hydrogen-bond acceptors (Lipinski definition) is 3. The van der Waals surface area contributed by atoms with E-state index < -0.39 is 0 Å². The first-order chi connectivity index (χ1) is 10.2. The molecule has 21 heavy (non-hydrogen) atoms. The van der Waals surface area contributed by atoms with E-state index in [4.69, 9.17) is 11.6 Å². The Morgan fingerprint density at radius 1 is 1.48 bits per heavy atom. The second kappa shape index (κ2) is 5.67. The lowest BCUT2D eigenvalue weighted by Crippen LogP contribution is -2.38. The summed E-state index contributed by atoms with van der Waals surface area (Å²) in [7, 11) is 1.90. The maximum atomic E-state index is 12.2. The summed E-state index contributed by atoms with van der Waals surface area (Å²) >= 11 is 6.06. The summed E-state index contributed by atoms with van der Waals surface area (Å²) in [6, 6.07) is -0.234. The SMILES string of the molecule is CCCc1nn(C)c2c1nc(CCl)n2C1CCCNC1=O. The third kappa shape index (κ3) is 2.31. The molecule has 0 spiro atoms. The molecule has 1 N–H and O–H groups in total. The molecule has 2 aromatic rings. The number of carbonyl (C=O) groups is 1. The lowest BCUT2D eigenvalue weighted by molar-refractivity contribution is -0.125. The Balaban J connectivity index is 2.17. The normalized spacial score (nSPS) is 19.2. The highest BCUT2D eigenvalue weighted by atomic mass is 35.5. The smallest absolute Gasteiger partial charge is 0.243 e. The third-order valence-electron chi connectivity index (χ3n) is 3.98. The molecule has 0 saturated carbocycles. The molecule has 0 aromatic carbocycles. The number of aromatic nitrogens is 4. The van der Waals surface area contributed by atoms with Crippen LogP contribution in [0, 0.1) is 0 Å². The number of halogens is 1. The van der Waals surface area contributed by atoms with Gasteiger partial charge in [0.1, 0.15) is 17.4 Å². The average Bonchev–Trinajstić information content (AvgIpc) is 2.99. The Hall–Kier alpha value is -1.56. The molecule has 1 saturated heterocycles. The highest BCUT2D eigenvalue weighted by Gasteiger charge is 2.30. The van der Waals surface area contributed by atoms with Crippen LogP contribution in [0.4, 0.5) is 0 Å². The van der Waals surface area contributed by atoms with Crippen molar-refractivity contribution in [2.24, 2.45) is 7.05 Å². The second-order valence-corrected chi connectivity index (χ2v) is 5.74. The zero-order chi connectivity index (χ0) is 15.0. The van der Waals surface area contributed by atoms with Crippen molar-refractivity contribution in [3.8, 4) is 0 Å². The Bertz CT molecular complexity index is 674. The number of fused-ring (bicyclic) bond motifs is 1. The molecule has 6 nitrogen and oxygen atoms in total. The molecule has 2 aromatic heterocycles. The van der Waals surface area contributed by atoms with Gasteiger partial charge in [-0.05, 0) is 19.3 Å². The van der Waals surface area contributed by atoms with E-state index in [0.717, 1.165) is 54.9 Å². The van der Waals surface area contributed by atoms with Gasteiger partial charge in [0.05, 0.1) is 11.6 Å². The van der Waals surface area contributed by atoms with Crippen molar-refractivity contribution >= 4 is 28.7 Å². The topological polar surface area (TPSA) is 64.7 Å². The number of hydrogen-bond donors (Lipinski definition) is 1. The molecule has 114 valence electrons. The molecule has 0 radical (unpaired) electrons. The first-order valence-corrected chi connectivity index (χ1v) is 7.97. The summed E-state index contributed by atoms with van der Waals surface area (Å²) < 4.78 is 3.80. The van der Waals surface area contributed by atoms with E-state index in [9.17, 15) is 4.79 Å². The predicted octanol–water partition coefficient (Wildman–Crippen LogP) is 1.91. The van der Waals surface area contributed by atoms with Gasteiger partial charge in [0.15, 0.2) is 5.65 Å². The van der Waals surface area contributed by atoms with Crippen molar-refractivity contribution in [2.75, 3.05) is 6.54 Å². The number of rotatable bonds is 4. The zero-order valence-electron chi connectivity index (χ0n) is 12.4. The first-order valence-electron chi connectivity index (χ1n) is 7.43. The van der Waals surface area contributed by atoms with E-state index in [1.165, 1.54) is 0 Å². The minimum Gasteiger partial charge on any atom is -0.354 e. The van der Waals surface area contributed by atoms with Gasteiger partial charge in [0, 0.05) is 13.6 Å². The fraction of sp³-hybridized carbons (Fsp3) is 0.643. The van der Waals surface area contributed by atoms with Crippen molar-refractivity contribution in [1.29, 1.82) is 0 Å². The Labute approximate surface area is 128 Å². The first kappa shape index (κ1) is 14.4. The molecule has 7 heteroatoms. The number of imidazole rings is 1. The van der Waals surface area contributed by atoms with Crippen LogP contribution in [-0.2, 0) is 24.1 Å². The molecule has 1 aliphatic rings. The third-order valence-corrected chi connectivity index (χ3v) is 4.22. The number of aryl methyl sites for hydroxylation is 2. The van der Waals surface area contributed by atoms with Gasteiger partial charge < -0.3 is 5.32 Å². The maximum Gasteiger partial charge on any atom is 0.243 e. The number of amides is 1. The van der Waals surface area contributed by atoms with Gasteiger partial charge in [-0.25, -0.2) is 4.98 Å². The average molecular weight is 310 g/mol. The van der Waals surface area contributed by atoms with Gasteiger partial charge in [0.2, 0.25) is 5.91 Å². The molecule has 0 aliphatic carbocycles. The van der Waals surface area contributed by atoms with Crippen LogP contribution in [0.5, 0.6) is 0 Å². The highest BCUT2D eigenvalue weighted by Crippen LogP contribution is 2.28. The van der Waals surface area contributed by atoms with E-state index >= 15 is 0 Å². The van der Waals surface area contributed by atoms with Gasteiger partial charge in [-0.2, -0.15) is 5.10 Å². The van der Waals surface area contributed by atoms with Crippen LogP contribution in [0.1, 0.15) is 43.7 Å². The molecule has 3 heterocycles. The van der Waals surface area contributed by atoms with Crippen molar-refractivity contribution in [3.63, 3.8) is 0 Å². The summed E-state index contributed by atoms with van der Waals surface area (Å²) in [5, 5.41) is 7.48. The molecular weight excluding hydrogens is 290 g/mol. The minimum absolute atomic E-state index is 0.0464. The lowest BCUT2D eigenvalue weighted by Gasteiger charge is -2.24. The quantitative estimate of drug-likeness (QED) is 0.878. The number of nitrogens with zero attached hydrogens (tertiary/aromatic N) is 4. The Morgan fingerprint density at radius 2 is 2.29 bits per heavy atom. The molecule has 0 bridgehead atoms. The summed E-state index contributed by atoms with van der Waals surface area (Å²) in [5.41, 5.74) is 2.76. The second-order valence-electron chi connectivity index (χ2n) is 5.47. The lowest BCUT2D eigenvalue weighted by atomic mass is 10.1. The molecule has 3 rings (SSSR count). The number of alkyl halides is 1. The summed E-state index contributed by atoms with van der Waals surface area (Å²) in [5.74, 6) is 1.09. The fourth-order valence-corrected chi connectivity index (χ4v) is 3.27. The van der Waals surface area contributed by atoms with E-state index in [1.807, 2.05) is 16.3 Å². The molecule has 1 aliphatic heterocycles. The number of piperidine rings is 1. The largest absolute Gasteiger partial charge is 0.354 e. The summed E-state index contributed by atoms with van der Waals surface area (Å²) in [4.78, 5) is 16.9. The zero-order valence-corrected chi connectivity index (χ0v) is 13.2. The van der Waals surface area contributed by atoms with Gasteiger partial charge in [-0.15, -0.1) is 11.6 Å². The highest BCUT2D eigenvalue weighted by molar-refractivity contribution is 6.16. The van der Waals surface area contributed by atoms with Gasteiger partial charge in [0.25, 0.3) is 0 Å². The predicted molar refractivity (Wildman–Crippen MR) is 81.3 cm³/mol. The van der Waals surface area contributed by atoms with Crippen molar-refractivity contribution < 1.29 is 4.79 Å². The Morgan fingerprint density at radius 3 is 2.95 bits per heavy atom. The summed E-state index contributed by atoms with van der Waals surface area (Å²) in [6.07, 6.45) is 3.68. The van der Waals surface area contributed by atoms with Crippen LogP contribution < -0.4 is 5.32 Å². The fourth-order valence-electron chi connectivity index (χ4n) is 3.08. The van der Waals surface area contributed by atoms with Crippen molar-refractivity contribution in [2.45, 2.75) is 44.5 Å². The number of carbonyl (C=O) groups excluding carboxylic acids is 1. The molecule has 1 atom stereocenters. The van der Waals surface area contributed by atoms with Crippen LogP contribution >= 0.6 is 11.6 Å². The van der Waals surface area contributed by atoms with Gasteiger partial charge in [-0.3, -0.25) is 14.0 Å². The van der Waals surface area contributed by atoms with E-state index in [0.29, 0.717) is 5.88 Å². The van der Waals surface area contributed by atoms with Crippen LogP contribution in [0.3, 0.4) is 0 Å². The van der Waals surface area contributed by atoms with Crippen LogP contribution in [0.15, 0.2) is 0 Å². The minimum atomic E-state index is -0.234. The maximum absolute atomic E-state index is 12.2. The molecule has 1 fully saturated rings. The van der Waals surface area contributed by atoms with Crippen LogP contribution in [-0.4, -0.2) is 31.8 Å². The van der Waals surface area contributed by atoms with E-state index in [-0.39, 0.29) is 11.9 Å². The van der Waals surface area contributed by atoms with E-state index in [1.54, 1.807) is 0 Å². The van der Waals surface area contributed by atoms with E-state index in [2.05, 4.69) is 22.3 Å². The molecule has 1 amide bonds. The van der Waals surface area contributed by atoms with Crippen LogP contribution in [0.2, 0.25) is 0 Å². The van der Waals surface area contributed by atoms with Crippen molar-refractivity contribution in [3.05, 3.63) is 11.5 Å².